The Kier molecular flexibility index (Phi) is 3.42. The Hall–Kier alpha value is -1.97. The first-order valence-corrected chi connectivity index (χ1v) is 8.03. The van der Waals surface area contributed by atoms with Gasteiger partial charge < -0.3 is 14.6 Å². The fraction of sp³-hybridized carbons (Fsp3) is 0.231. The number of halogens is 2. The molecule has 0 unspecified atom stereocenters. The van der Waals surface area contributed by atoms with Crippen LogP contribution in [0.5, 0.6) is 11.5 Å². The quantitative estimate of drug-likeness (QED) is 0.671. The molecule has 0 aliphatic carbocycles. The van der Waals surface area contributed by atoms with Gasteiger partial charge in [-0.15, -0.1) is 10.8 Å². The SMILES string of the molecule is Oc1c(-c2cccc(F)c2F)oc(N2CCCS2(O)O)c1O. The zero-order valence-electron chi connectivity index (χ0n) is 11.2. The molecule has 120 valence electrons. The number of benzene rings is 1. The summed E-state index contributed by atoms with van der Waals surface area (Å²) in [5.41, 5.74) is -0.380. The first kappa shape index (κ1) is 14.9. The molecule has 1 saturated heterocycles. The van der Waals surface area contributed by atoms with Gasteiger partial charge >= 0.3 is 0 Å². The second-order valence-electron chi connectivity index (χ2n) is 4.83. The lowest BCUT2D eigenvalue weighted by molar-refractivity contribution is 0.408. The zero-order chi connectivity index (χ0) is 16.1. The molecular weight excluding hydrogens is 320 g/mol. The van der Waals surface area contributed by atoms with Gasteiger partial charge in [-0.2, -0.15) is 0 Å². The highest BCUT2D eigenvalue weighted by atomic mass is 32.3. The van der Waals surface area contributed by atoms with Gasteiger partial charge in [0.05, 0.1) is 11.3 Å². The molecule has 1 aromatic carbocycles. The number of nitrogens with zero attached hydrogens (tertiary/aromatic N) is 1. The number of rotatable bonds is 2. The smallest absolute Gasteiger partial charge is 0.261 e. The largest absolute Gasteiger partial charge is 0.502 e. The Bertz CT molecular complexity index is 733. The Morgan fingerprint density at radius 3 is 2.50 bits per heavy atom. The van der Waals surface area contributed by atoms with Crippen LogP contribution < -0.4 is 4.31 Å². The van der Waals surface area contributed by atoms with Crippen molar-refractivity contribution in [1.82, 2.24) is 0 Å². The molecule has 2 heterocycles. The summed E-state index contributed by atoms with van der Waals surface area (Å²) < 4.78 is 53.1. The molecule has 3 rings (SSSR count). The Balaban J connectivity index is 2.12. The molecule has 22 heavy (non-hydrogen) atoms. The van der Waals surface area contributed by atoms with Crippen molar-refractivity contribution in [2.45, 2.75) is 6.42 Å². The minimum absolute atomic E-state index is 0.0948. The van der Waals surface area contributed by atoms with Crippen molar-refractivity contribution in [3.63, 3.8) is 0 Å². The third-order valence-electron chi connectivity index (χ3n) is 3.40. The lowest BCUT2D eigenvalue weighted by atomic mass is 10.1. The van der Waals surface area contributed by atoms with E-state index in [-0.39, 0.29) is 23.7 Å². The number of furan rings is 1. The Labute approximate surface area is 125 Å². The molecule has 0 spiro atoms. The van der Waals surface area contributed by atoms with Crippen LogP contribution in [0.1, 0.15) is 6.42 Å². The highest BCUT2D eigenvalue weighted by Crippen LogP contribution is 2.57. The van der Waals surface area contributed by atoms with Crippen molar-refractivity contribution in [1.29, 1.82) is 0 Å². The lowest BCUT2D eigenvalue weighted by Gasteiger charge is -2.35. The van der Waals surface area contributed by atoms with Crippen LogP contribution in [0.4, 0.5) is 14.7 Å². The first-order valence-electron chi connectivity index (χ1n) is 6.35. The summed E-state index contributed by atoms with van der Waals surface area (Å²) in [5.74, 6) is -4.69. The van der Waals surface area contributed by atoms with Crippen LogP contribution in [0.3, 0.4) is 0 Å². The monoisotopic (exact) mass is 333 g/mol. The molecule has 6 nitrogen and oxygen atoms in total. The normalized spacial score (nSPS) is 18.6. The summed E-state index contributed by atoms with van der Waals surface area (Å²) in [7, 11) is -3.17. The van der Waals surface area contributed by atoms with E-state index in [2.05, 4.69) is 0 Å². The van der Waals surface area contributed by atoms with Crippen molar-refractivity contribution < 1.29 is 32.5 Å². The van der Waals surface area contributed by atoms with Gasteiger partial charge in [0, 0.05) is 6.54 Å². The van der Waals surface area contributed by atoms with Crippen LogP contribution in [0.2, 0.25) is 0 Å². The topological polar surface area (TPSA) is 97.3 Å². The predicted molar refractivity (Wildman–Crippen MR) is 77.1 cm³/mol. The van der Waals surface area contributed by atoms with Gasteiger partial charge in [-0.1, -0.05) is 6.07 Å². The molecule has 2 aromatic rings. The third-order valence-corrected chi connectivity index (χ3v) is 5.29. The lowest BCUT2D eigenvalue weighted by Crippen LogP contribution is -2.21. The second-order valence-corrected chi connectivity index (χ2v) is 6.94. The highest BCUT2D eigenvalue weighted by molar-refractivity contribution is 8.25. The average Bonchev–Trinajstić information content (AvgIpc) is 2.95. The van der Waals surface area contributed by atoms with Crippen LogP contribution in [-0.2, 0) is 0 Å². The van der Waals surface area contributed by atoms with E-state index in [0.717, 1.165) is 10.4 Å². The van der Waals surface area contributed by atoms with Crippen molar-refractivity contribution in [3.05, 3.63) is 29.8 Å². The number of aromatic hydroxyl groups is 2. The molecule has 0 saturated carbocycles. The molecule has 0 amide bonds. The Morgan fingerprint density at radius 1 is 1.14 bits per heavy atom. The van der Waals surface area contributed by atoms with Gasteiger partial charge in [0.25, 0.3) is 5.88 Å². The van der Waals surface area contributed by atoms with E-state index in [0.29, 0.717) is 6.42 Å². The van der Waals surface area contributed by atoms with Crippen molar-refractivity contribution >= 4 is 16.7 Å². The number of hydrogen-bond acceptors (Lipinski definition) is 6. The molecule has 1 aliphatic rings. The van der Waals surface area contributed by atoms with Gasteiger partial charge in [0.1, 0.15) is 0 Å². The van der Waals surface area contributed by atoms with Gasteiger partial charge in [-0.05, 0) is 18.6 Å². The van der Waals surface area contributed by atoms with E-state index < -0.39 is 39.7 Å². The van der Waals surface area contributed by atoms with Crippen molar-refractivity contribution in [3.8, 4) is 22.8 Å². The zero-order valence-corrected chi connectivity index (χ0v) is 12.0. The summed E-state index contributed by atoms with van der Waals surface area (Å²) in [6.07, 6.45) is 0.451. The molecule has 1 aliphatic heterocycles. The minimum Gasteiger partial charge on any atom is -0.502 e. The van der Waals surface area contributed by atoms with Crippen molar-refractivity contribution in [2.75, 3.05) is 16.6 Å². The maximum atomic E-state index is 13.8. The fourth-order valence-corrected chi connectivity index (χ4v) is 3.87. The minimum atomic E-state index is -3.17. The first-order chi connectivity index (χ1) is 10.3. The van der Waals surface area contributed by atoms with Crippen molar-refractivity contribution in [2.24, 2.45) is 0 Å². The molecular formula is C13H13F2NO5S. The van der Waals surface area contributed by atoms with Gasteiger partial charge in [0.15, 0.2) is 17.4 Å². The molecule has 0 radical (unpaired) electrons. The van der Waals surface area contributed by atoms with Crippen LogP contribution in [-0.4, -0.2) is 31.6 Å². The molecule has 1 fully saturated rings. The number of anilines is 1. The van der Waals surface area contributed by atoms with E-state index in [4.69, 9.17) is 4.42 Å². The van der Waals surface area contributed by atoms with E-state index in [9.17, 15) is 28.1 Å². The summed E-state index contributed by atoms with van der Waals surface area (Å²) in [4.78, 5) is 0. The van der Waals surface area contributed by atoms with Crippen LogP contribution in [0.15, 0.2) is 22.6 Å². The molecule has 4 N–H and O–H groups in total. The highest BCUT2D eigenvalue weighted by Gasteiger charge is 2.36. The maximum Gasteiger partial charge on any atom is 0.261 e. The Morgan fingerprint density at radius 2 is 1.86 bits per heavy atom. The molecule has 0 bridgehead atoms. The second kappa shape index (κ2) is 5.04. The van der Waals surface area contributed by atoms with E-state index in [1.54, 1.807) is 0 Å². The van der Waals surface area contributed by atoms with E-state index in [1.165, 1.54) is 12.1 Å². The fourth-order valence-electron chi connectivity index (χ4n) is 2.33. The molecule has 0 atom stereocenters. The van der Waals surface area contributed by atoms with Crippen LogP contribution in [0, 0.1) is 11.6 Å². The summed E-state index contributed by atoms with van der Waals surface area (Å²) in [6.45, 7) is 0.188. The number of hydrogen-bond donors (Lipinski definition) is 4. The van der Waals surface area contributed by atoms with Crippen LogP contribution in [0.25, 0.3) is 11.3 Å². The standard InChI is InChI=1S/C13H13F2NO5S/c14-8-4-1-3-7(9(8)15)12-10(17)11(18)13(21-12)16-5-2-6-22(16,19)20/h1,3-4,17-20H,2,5-6H2. The van der Waals surface area contributed by atoms with E-state index >= 15 is 0 Å². The van der Waals surface area contributed by atoms with Gasteiger partial charge in [-0.3, -0.25) is 9.11 Å². The molecule has 9 heteroatoms. The average molecular weight is 333 g/mol. The summed E-state index contributed by atoms with van der Waals surface area (Å²) >= 11 is 0. The third kappa shape index (κ3) is 2.18. The van der Waals surface area contributed by atoms with Gasteiger partial charge in [-0.25, -0.2) is 13.1 Å². The van der Waals surface area contributed by atoms with Gasteiger partial charge in [0.2, 0.25) is 11.5 Å². The summed E-state index contributed by atoms with van der Waals surface area (Å²) in [5, 5.41) is 19.8. The van der Waals surface area contributed by atoms with Crippen LogP contribution >= 0.6 is 10.8 Å². The predicted octanol–water partition coefficient (Wildman–Crippen LogP) is 3.51. The summed E-state index contributed by atoms with van der Waals surface area (Å²) in [6, 6.07) is 3.29. The van der Waals surface area contributed by atoms with E-state index in [1.807, 2.05) is 0 Å². The molecule has 1 aromatic heterocycles. The maximum absolute atomic E-state index is 13.8.